The predicted molar refractivity (Wildman–Crippen MR) is 413 cm³/mol. The molecule has 0 aliphatic carbocycles. The summed E-state index contributed by atoms with van der Waals surface area (Å²) < 4.78 is 0. The van der Waals surface area contributed by atoms with Crippen molar-refractivity contribution < 1.29 is 86.6 Å². The first kappa shape index (κ1) is 93.6. The number of benzene rings is 1. The van der Waals surface area contributed by atoms with Crippen molar-refractivity contribution in [3.05, 3.63) is 72.3 Å². The molecule has 112 heavy (non-hydrogen) atoms. The number of aromatic nitrogens is 4. The van der Waals surface area contributed by atoms with Gasteiger partial charge in [-0.1, -0.05) is 30.3 Å². The molecular formula is C65H99N25O18S4. The molecule has 3 heterocycles. The molecule has 1 aromatic carbocycles. The van der Waals surface area contributed by atoms with E-state index in [4.69, 9.17) is 34.1 Å². The highest BCUT2D eigenvalue weighted by atomic mass is 32.1. The molecule has 1 aliphatic heterocycles. The maximum absolute atomic E-state index is 14.6. The molecule has 1 aliphatic rings. The number of nitrogens with one attached hydrogen (secondary N) is 17. The number of thiol groups is 4. The Hall–Kier alpha value is -10.8. The first-order valence-corrected chi connectivity index (χ1v) is 37.7. The minimum atomic E-state index is -1.72. The molecular weight excluding hydrogens is 1550 g/mol. The normalized spacial score (nSPS) is 15.5. The maximum atomic E-state index is 14.6. The van der Waals surface area contributed by atoms with Crippen LogP contribution in [0.2, 0.25) is 0 Å². The fourth-order valence-electron chi connectivity index (χ4n) is 10.9. The van der Waals surface area contributed by atoms with Gasteiger partial charge in [0.25, 0.3) is 0 Å². The van der Waals surface area contributed by atoms with Crippen LogP contribution in [0, 0.1) is 5.41 Å². The number of nitrogens with zero attached hydrogens (tertiary/aromatic N) is 3. The van der Waals surface area contributed by atoms with E-state index in [2.05, 4.69) is 145 Å². The lowest BCUT2D eigenvalue weighted by Crippen LogP contribution is -2.61. The van der Waals surface area contributed by atoms with Crippen molar-refractivity contribution in [2.45, 2.75) is 163 Å². The predicted octanol–water partition coefficient (Wildman–Crippen LogP) is -9.99. The van der Waals surface area contributed by atoms with Gasteiger partial charge in [-0.05, 0) is 64.0 Å². The summed E-state index contributed by atoms with van der Waals surface area (Å²) >= 11 is 16.6. The number of likely N-dealkylation sites (tertiary alicyclic amines) is 1. The number of hydrogen-bond donors (Lipinski definition) is 27. The van der Waals surface area contributed by atoms with Crippen molar-refractivity contribution in [1.82, 2.24) is 99.3 Å². The number of hydrogen-bond acceptors (Lipinski definition) is 26. The Morgan fingerprint density at radius 3 is 1.45 bits per heavy atom. The lowest BCUT2D eigenvalue weighted by Gasteiger charge is -2.30. The summed E-state index contributed by atoms with van der Waals surface area (Å²) in [7, 11) is 0. The largest absolute Gasteiger partial charge is 0.480 e. The van der Waals surface area contributed by atoms with E-state index in [1.165, 1.54) is 36.9 Å². The van der Waals surface area contributed by atoms with Crippen molar-refractivity contribution in [2.75, 3.05) is 55.7 Å². The second kappa shape index (κ2) is 48.8. The van der Waals surface area contributed by atoms with Gasteiger partial charge in [-0.3, -0.25) is 82.1 Å². The van der Waals surface area contributed by atoms with Crippen LogP contribution in [0.1, 0.15) is 81.7 Å². The van der Waals surface area contributed by atoms with Crippen molar-refractivity contribution in [3.8, 4) is 0 Å². The van der Waals surface area contributed by atoms with E-state index in [9.17, 15) is 86.6 Å². The number of carboxylic acids is 1. The average Bonchev–Trinajstić information content (AvgIpc) is 1.64. The number of imidazole rings is 2. The van der Waals surface area contributed by atoms with Crippen LogP contribution in [0.25, 0.3) is 0 Å². The van der Waals surface area contributed by atoms with Crippen molar-refractivity contribution >= 4 is 157 Å². The molecule has 0 radical (unpaired) electrons. The molecule has 28 N–H and O–H groups in total. The number of carbonyl (C=O) groups is 17. The van der Waals surface area contributed by atoms with Crippen LogP contribution in [0.3, 0.4) is 0 Å². The molecule has 0 saturated carbocycles. The summed E-state index contributed by atoms with van der Waals surface area (Å²) in [6, 6.07) is -10.7. The summed E-state index contributed by atoms with van der Waals surface area (Å²) in [5.74, 6) is -18.1. The van der Waals surface area contributed by atoms with Crippen LogP contribution in [-0.4, -0.2) is 271 Å². The van der Waals surface area contributed by atoms with Gasteiger partial charge in [0.15, 0.2) is 5.96 Å². The van der Waals surface area contributed by atoms with Crippen molar-refractivity contribution in [2.24, 2.45) is 28.7 Å². The summed E-state index contributed by atoms with van der Waals surface area (Å²) in [5, 5.41) is 51.3. The summed E-state index contributed by atoms with van der Waals surface area (Å²) in [6.45, 7) is 0.0833. The number of unbranched alkanes of at least 4 members (excludes halogenated alkanes) is 1. The second-order valence-corrected chi connectivity index (χ2v) is 27.0. The van der Waals surface area contributed by atoms with Crippen LogP contribution >= 0.6 is 50.5 Å². The topological polar surface area (TPSA) is 693 Å². The Kier molecular flexibility index (Phi) is 40.8. The van der Waals surface area contributed by atoms with Crippen LogP contribution in [0.15, 0.2) is 55.4 Å². The molecule has 16 amide bonds. The molecule has 47 heteroatoms. The average molecular weight is 1650 g/mol. The molecule has 13 atom stereocenters. The highest BCUT2D eigenvalue weighted by molar-refractivity contribution is 7.80. The summed E-state index contributed by atoms with van der Waals surface area (Å²) in [5.41, 5.74) is 28.3. The first-order valence-electron chi connectivity index (χ1n) is 35.2. The van der Waals surface area contributed by atoms with Gasteiger partial charge in [0.05, 0.1) is 56.0 Å². The molecule has 0 bridgehead atoms. The number of H-pyrrole nitrogens is 2. The number of carbonyl (C=O) groups excluding carboxylic acids is 16. The molecule has 2 aromatic heterocycles. The lowest BCUT2D eigenvalue weighted by molar-refractivity contribution is -0.142. The number of primary amides is 2. The van der Waals surface area contributed by atoms with E-state index in [1.807, 2.05) is 0 Å². The molecule has 1 saturated heterocycles. The highest BCUT2D eigenvalue weighted by Gasteiger charge is 2.41. The number of carboxylic acid groups (broad SMARTS) is 1. The Morgan fingerprint density at radius 1 is 0.518 bits per heavy atom. The molecule has 3 aromatic rings. The van der Waals surface area contributed by atoms with Crippen LogP contribution in [0.4, 0.5) is 0 Å². The smallest absolute Gasteiger partial charge is 0.327 e. The third kappa shape index (κ3) is 32.7. The van der Waals surface area contributed by atoms with Crippen LogP contribution in [0.5, 0.6) is 0 Å². The van der Waals surface area contributed by atoms with Gasteiger partial charge >= 0.3 is 5.97 Å². The van der Waals surface area contributed by atoms with Gasteiger partial charge in [0.1, 0.15) is 72.5 Å². The summed E-state index contributed by atoms with van der Waals surface area (Å²) in [4.78, 5) is 243. The lowest BCUT2D eigenvalue weighted by atomic mass is 10.0. The molecule has 616 valence electrons. The third-order valence-electron chi connectivity index (χ3n) is 16.8. The van der Waals surface area contributed by atoms with Crippen molar-refractivity contribution in [1.29, 1.82) is 5.41 Å². The van der Waals surface area contributed by atoms with E-state index in [1.54, 1.807) is 30.3 Å². The summed E-state index contributed by atoms with van der Waals surface area (Å²) in [6.07, 6.45) is 4.43. The number of aromatic amines is 2. The fraction of sp³-hybridized carbons (Fsp3) is 0.538. The van der Waals surface area contributed by atoms with Crippen LogP contribution < -0.4 is 103 Å². The van der Waals surface area contributed by atoms with Gasteiger partial charge in [-0.2, -0.15) is 50.5 Å². The van der Waals surface area contributed by atoms with Gasteiger partial charge < -0.3 is 123 Å². The van der Waals surface area contributed by atoms with Gasteiger partial charge in [-0.25, -0.2) is 14.8 Å². The zero-order chi connectivity index (χ0) is 83.1. The Morgan fingerprint density at radius 2 is 0.955 bits per heavy atom. The minimum absolute atomic E-state index is 0.00268. The van der Waals surface area contributed by atoms with Gasteiger partial charge in [-0.15, -0.1) is 0 Å². The number of nitrogens with two attached hydrogens (primary N) is 5. The first-order chi connectivity index (χ1) is 53.2. The highest BCUT2D eigenvalue weighted by Crippen LogP contribution is 2.21. The maximum Gasteiger partial charge on any atom is 0.327 e. The van der Waals surface area contributed by atoms with Crippen molar-refractivity contribution in [3.63, 3.8) is 0 Å². The van der Waals surface area contributed by atoms with E-state index >= 15 is 0 Å². The van der Waals surface area contributed by atoms with Crippen LogP contribution in [-0.2, 0) is 101 Å². The number of rotatable bonds is 50. The molecule has 4 rings (SSSR count). The quantitative estimate of drug-likeness (QED) is 0.0108. The zero-order valence-electron chi connectivity index (χ0n) is 61.0. The number of aliphatic carboxylic acids is 1. The third-order valence-corrected chi connectivity index (χ3v) is 18.3. The molecule has 1 fully saturated rings. The standard InChI is InChI=1S/C65H99N25O18S4/c1-32(79-62(105)47-13-8-16-90(47)63(106)42(19-35-23-73-31-78-35)85-60(103)44(27-110)88-61(104)45(28-111)87-56(99)38(12-7-15-74-65(70)71)81-50(93)24-75-53(96)36(67)20-48(68)91)52(95)86-43(26-109)54(97)76-25-51(94)80-37(11-5-6-14-66)55(98)83-40(18-34-22-72-30-77-34)58(101)82-39(17-33-9-3-2-4-10-33)57(100)84-41(21-49(69)92)59(102)89-46(29-112)64(107)108/h2-4,9-10,22-23,30-32,36-47,109-112H,5-8,11-21,24-29,66-67H2,1H3,(H2,68,91)(H2,69,92)(H,72,77)(H,73,78)(H,75,96)(H,76,97)(H,79,105)(H,80,94)(H,81,93)(H,82,101)(H,83,98)(H,84,100)(H,85,103)(H,86,95)(H,87,99)(H,88,104)(H,89,102)(H,107,108)(H4,70,71,74)/t32-,36-,37-,38-,39-,40-,41-,42-,43-,44-,45-,46-,47-/m0/s1. The molecule has 0 unspecified atom stereocenters. The molecule has 0 spiro atoms. The van der Waals surface area contributed by atoms with Gasteiger partial charge in [0.2, 0.25) is 94.5 Å². The van der Waals surface area contributed by atoms with Gasteiger partial charge in [0, 0.05) is 67.8 Å². The fourth-order valence-corrected chi connectivity index (χ4v) is 11.9. The zero-order valence-corrected chi connectivity index (χ0v) is 64.5. The van der Waals surface area contributed by atoms with E-state index in [0.717, 1.165) is 0 Å². The SMILES string of the molecule is C[C@H](NC(=O)[C@@H]1CCCN1C(=O)[C@H](Cc1c[nH]cn1)NC(=O)[C@H](CS)NC(=O)[C@H](CS)NC(=O)[C@H](CCCNC(=N)N)NC(=O)CNC(=O)[C@@H](N)CC(N)=O)C(=O)N[C@@H](CS)C(=O)NCC(=O)N[C@@H](CCCCN)C(=O)N[C@@H](Cc1c[nH]cn1)C(=O)N[C@@H](Cc1ccccc1)C(=O)N[C@@H](CC(N)=O)C(=O)N[C@@H](CS)C(=O)O. The Balaban J connectivity index is 1.42. The number of guanidine groups is 1. The molecule has 43 nitrogen and oxygen atoms in total. The van der Waals surface area contributed by atoms with E-state index < -0.39 is 205 Å². The monoisotopic (exact) mass is 1650 g/mol. The van der Waals surface area contributed by atoms with E-state index in [-0.39, 0.29) is 118 Å². The van der Waals surface area contributed by atoms with E-state index in [0.29, 0.717) is 12.0 Å². The minimum Gasteiger partial charge on any atom is -0.480 e. The Labute approximate surface area is 664 Å². The Bertz CT molecular complexity index is 3740. The second-order valence-electron chi connectivity index (χ2n) is 25.6. The number of amides is 16.